The van der Waals surface area contributed by atoms with Crippen molar-refractivity contribution in [1.29, 1.82) is 0 Å². The van der Waals surface area contributed by atoms with Crippen LogP contribution in [0.15, 0.2) is 45.8 Å². The Bertz CT molecular complexity index is 686. The van der Waals surface area contributed by atoms with Crippen LogP contribution in [0.25, 0.3) is 0 Å². The van der Waals surface area contributed by atoms with E-state index in [4.69, 9.17) is 21.1 Å². The minimum absolute atomic E-state index is 0.586. The Balaban J connectivity index is 2.04. The molecule has 0 aliphatic heterocycles. The SMILES string of the molecule is COc1ccc(Br)cc1SNc1ccc(Cl)c(OCCN(C)C)c1. The molecule has 0 saturated heterocycles. The highest BCUT2D eigenvalue weighted by atomic mass is 79.9. The van der Waals surface area contributed by atoms with E-state index in [0.717, 1.165) is 27.3 Å². The first-order valence-corrected chi connectivity index (χ1v) is 9.32. The predicted molar refractivity (Wildman–Crippen MR) is 106 cm³/mol. The lowest BCUT2D eigenvalue weighted by molar-refractivity contribution is 0.261. The summed E-state index contributed by atoms with van der Waals surface area (Å²) in [6.45, 7) is 1.42. The summed E-state index contributed by atoms with van der Waals surface area (Å²) in [6.07, 6.45) is 0. The van der Waals surface area contributed by atoms with Crippen molar-refractivity contribution in [1.82, 2.24) is 4.90 Å². The second-order valence-corrected chi connectivity index (χ2v) is 7.47. The van der Waals surface area contributed by atoms with Gasteiger partial charge in [0.25, 0.3) is 0 Å². The fourth-order valence-corrected chi connectivity index (χ4v) is 3.34. The van der Waals surface area contributed by atoms with Crippen LogP contribution in [0, 0.1) is 0 Å². The maximum Gasteiger partial charge on any atom is 0.140 e. The molecule has 0 bridgehead atoms. The van der Waals surface area contributed by atoms with Gasteiger partial charge in [0.05, 0.1) is 17.0 Å². The molecule has 0 unspecified atom stereocenters. The zero-order valence-corrected chi connectivity index (χ0v) is 17.0. The average molecular weight is 432 g/mol. The summed E-state index contributed by atoms with van der Waals surface area (Å²) in [6, 6.07) is 11.5. The summed E-state index contributed by atoms with van der Waals surface area (Å²) in [7, 11) is 5.67. The Kier molecular flexibility index (Phi) is 7.55. The lowest BCUT2D eigenvalue weighted by Crippen LogP contribution is -2.19. The third-order valence-electron chi connectivity index (χ3n) is 3.13. The van der Waals surface area contributed by atoms with E-state index in [9.17, 15) is 0 Å². The monoisotopic (exact) mass is 430 g/mol. The van der Waals surface area contributed by atoms with Crippen LogP contribution in [0.5, 0.6) is 11.5 Å². The molecule has 2 rings (SSSR count). The highest BCUT2D eigenvalue weighted by Gasteiger charge is 2.07. The van der Waals surface area contributed by atoms with Crippen molar-refractivity contribution in [2.45, 2.75) is 4.90 Å². The molecule has 0 fully saturated rings. The molecule has 7 heteroatoms. The van der Waals surface area contributed by atoms with Crippen LogP contribution in [0.2, 0.25) is 5.02 Å². The Morgan fingerprint density at radius 2 is 1.96 bits per heavy atom. The van der Waals surface area contributed by atoms with Gasteiger partial charge in [-0.25, -0.2) is 0 Å². The molecular weight excluding hydrogens is 412 g/mol. The van der Waals surface area contributed by atoms with Crippen molar-refractivity contribution >= 4 is 45.2 Å². The number of halogens is 2. The van der Waals surface area contributed by atoms with Crippen molar-refractivity contribution in [3.05, 3.63) is 45.9 Å². The van der Waals surface area contributed by atoms with Gasteiger partial charge in [-0.1, -0.05) is 27.5 Å². The number of nitrogens with one attached hydrogen (secondary N) is 1. The Labute approximate surface area is 160 Å². The number of hydrogen-bond donors (Lipinski definition) is 1. The van der Waals surface area contributed by atoms with E-state index in [-0.39, 0.29) is 0 Å². The summed E-state index contributed by atoms with van der Waals surface area (Å²) in [5.74, 6) is 1.48. The largest absolute Gasteiger partial charge is 0.496 e. The molecule has 0 aliphatic carbocycles. The molecule has 4 nitrogen and oxygen atoms in total. The summed E-state index contributed by atoms with van der Waals surface area (Å²) in [5.41, 5.74) is 0.909. The molecule has 0 spiro atoms. The second-order valence-electron chi connectivity index (χ2n) is 5.30. The summed E-state index contributed by atoms with van der Waals surface area (Å²) >= 11 is 11.1. The van der Waals surface area contributed by atoms with Gasteiger partial charge < -0.3 is 19.1 Å². The first-order chi connectivity index (χ1) is 11.5. The molecule has 1 N–H and O–H groups in total. The normalized spacial score (nSPS) is 10.8. The van der Waals surface area contributed by atoms with Gasteiger partial charge in [-0.05, 0) is 56.4 Å². The maximum atomic E-state index is 6.20. The van der Waals surface area contributed by atoms with Gasteiger partial charge in [-0.2, -0.15) is 0 Å². The molecule has 0 heterocycles. The molecule has 0 radical (unpaired) electrons. The predicted octanol–water partition coefficient (Wildman–Crippen LogP) is 5.17. The topological polar surface area (TPSA) is 33.7 Å². The number of likely N-dealkylation sites (N-methyl/N-ethyl adjacent to an activating group) is 1. The van der Waals surface area contributed by atoms with Crippen LogP contribution < -0.4 is 14.2 Å². The fourth-order valence-electron chi connectivity index (χ4n) is 1.86. The van der Waals surface area contributed by atoms with Gasteiger partial charge in [0.1, 0.15) is 18.1 Å². The van der Waals surface area contributed by atoms with E-state index >= 15 is 0 Å². The van der Waals surface area contributed by atoms with Crippen LogP contribution in [0.3, 0.4) is 0 Å². The molecule has 2 aromatic carbocycles. The standard InChI is InChI=1S/C17H20BrClN2O2S/c1-21(2)8-9-23-16-11-13(5-6-14(16)19)20-24-17-10-12(18)4-7-15(17)22-3/h4-7,10-11,20H,8-9H2,1-3H3. The Morgan fingerprint density at radius 1 is 1.17 bits per heavy atom. The molecule has 130 valence electrons. The molecular formula is C17H20BrClN2O2S. The fraction of sp³-hybridized carbons (Fsp3) is 0.294. The molecule has 24 heavy (non-hydrogen) atoms. The number of nitrogens with zero attached hydrogens (tertiary/aromatic N) is 1. The lowest BCUT2D eigenvalue weighted by Gasteiger charge is -2.14. The van der Waals surface area contributed by atoms with Gasteiger partial charge in [0.15, 0.2) is 0 Å². The first-order valence-electron chi connectivity index (χ1n) is 7.33. The van der Waals surface area contributed by atoms with E-state index in [1.54, 1.807) is 7.11 Å². The zero-order chi connectivity index (χ0) is 17.5. The number of ether oxygens (including phenoxy) is 2. The van der Waals surface area contributed by atoms with E-state index < -0.39 is 0 Å². The van der Waals surface area contributed by atoms with Crippen LogP contribution >= 0.6 is 39.5 Å². The Morgan fingerprint density at radius 3 is 2.67 bits per heavy atom. The number of methoxy groups -OCH3 is 1. The van der Waals surface area contributed by atoms with Crippen LogP contribution in [0.1, 0.15) is 0 Å². The average Bonchev–Trinajstić information content (AvgIpc) is 2.55. The maximum absolute atomic E-state index is 6.20. The highest BCUT2D eigenvalue weighted by Crippen LogP contribution is 2.34. The highest BCUT2D eigenvalue weighted by molar-refractivity contribution is 9.10. The minimum atomic E-state index is 0.586. The molecule has 0 aromatic heterocycles. The molecule has 0 amide bonds. The van der Waals surface area contributed by atoms with Gasteiger partial charge in [-0.3, -0.25) is 0 Å². The van der Waals surface area contributed by atoms with Gasteiger partial charge in [0.2, 0.25) is 0 Å². The van der Waals surface area contributed by atoms with E-state index in [1.165, 1.54) is 11.9 Å². The number of hydrogen-bond acceptors (Lipinski definition) is 5. The molecule has 2 aromatic rings. The number of rotatable bonds is 8. The van der Waals surface area contributed by atoms with Crippen LogP contribution in [0.4, 0.5) is 5.69 Å². The number of anilines is 1. The minimum Gasteiger partial charge on any atom is -0.496 e. The quantitative estimate of drug-likeness (QED) is 0.583. The smallest absolute Gasteiger partial charge is 0.140 e. The summed E-state index contributed by atoms with van der Waals surface area (Å²) in [4.78, 5) is 3.04. The van der Waals surface area contributed by atoms with E-state index in [2.05, 4.69) is 25.6 Å². The summed E-state index contributed by atoms with van der Waals surface area (Å²) < 4.78 is 15.4. The molecule has 0 aliphatic rings. The van der Waals surface area contributed by atoms with E-state index in [1.807, 2.05) is 50.5 Å². The van der Waals surface area contributed by atoms with Crippen LogP contribution in [-0.2, 0) is 0 Å². The van der Waals surface area contributed by atoms with Crippen LogP contribution in [-0.4, -0.2) is 39.3 Å². The van der Waals surface area contributed by atoms with Crippen molar-refractivity contribution in [3.63, 3.8) is 0 Å². The third kappa shape index (κ3) is 5.77. The third-order valence-corrected chi connectivity index (χ3v) is 4.81. The summed E-state index contributed by atoms with van der Waals surface area (Å²) in [5, 5.41) is 0.601. The number of benzene rings is 2. The van der Waals surface area contributed by atoms with E-state index in [0.29, 0.717) is 17.4 Å². The van der Waals surface area contributed by atoms with Gasteiger partial charge in [0, 0.05) is 22.8 Å². The van der Waals surface area contributed by atoms with Crippen molar-refractivity contribution in [2.75, 3.05) is 39.1 Å². The van der Waals surface area contributed by atoms with Gasteiger partial charge in [-0.15, -0.1) is 0 Å². The van der Waals surface area contributed by atoms with Gasteiger partial charge >= 0.3 is 0 Å². The van der Waals surface area contributed by atoms with Crippen molar-refractivity contribution in [3.8, 4) is 11.5 Å². The first kappa shape index (κ1) is 19.2. The molecule has 0 atom stereocenters. The lowest BCUT2D eigenvalue weighted by atomic mass is 10.3. The Hall–Kier alpha value is -1.08. The van der Waals surface area contributed by atoms with Crippen molar-refractivity contribution < 1.29 is 9.47 Å². The molecule has 0 saturated carbocycles. The second kappa shape index (κ2) is 9.42. The zero-order valence-electron chi connectivity index (χ0n) is 13.8. The van der Waals surface area contributed by atoms with Crippen molar-refractivity contribution in [2.24, 2.45) is 0 Å².